The number of anilines is 1. The third-order valence-corrected chi connectivity index (χ3v) is 5.93. The van der Waals surface area contributed by atoms with Crippen molar-refractivity contribution in [3.05, 3.63) is 106 Å². The van der Waals surface area contributed by atoms with Crippen LogP contribution >= 0.6 is 11.6 Å². The highest BCUT2D eigenvalue weighted by molar-refractivity contribution is 6.30. The largest absolute Gasteiger partial charge is 0.334 e. The molecule has 8 heteroatoms. The number of nitrogens with zero attached hydrogens (tertiary/aromatic N) is 3. The van der Waals surface area contributed by atoms with E-state index in [0.717, 1.165) is 5.56 Å². The Hall–Kier alpha value is -3.97. The monoisotopic (exact) mass is 474 g/mol. The van der Waals surface area contributed by atoms with E-state index in [-0.39, 0.29) is 11.9 Å². The average Bonchev–Trinajstić information content (AvgIpc) is 3.30. The number of nitrogens with one attached hydrogen (secondary N) is 1. The number of hydrogen-bond donors (Lipinski definition) is 1. The second-order valence-electron chi connectivity index (χ2n) is 8.04. The summed E-state index contributed by atoms with van der Waals surface area (Å²) in [6.45, 7) is 3.79. The maximum atomic E-state index is 14.1. The number of benzene rings is 3. The molecule has 6 nitrogen and oxygen atoms in total. The number of halogens is 2. The first kappa shape index (κ1) is 21.9. The normalized spacial score (nSPS) is 16.1. The molecule has 4 aromatic rings. The molecule has 1 unspecified atom stereocenters. The van der Waals surface area contributed by atoms with Gasteiger partial charge in [0.05, 0.1) is 17.3 Å². The number of hydrogen-bond acceptors (Lipinski definition) is 4. The fraction of sp³-hybridized carbons (Fsp3) is 0.115. The van der Waals surface area contributed by atoms with Gasteiger partial charge in [-0.2, -0.15) is 4.98 Å². The minimum Gasteiger partial charge on any atom is -0.334 e. The molecular formula is C26H20ClFN4O2. The second kappa shape index (κ2) is 8.76. The highest BCUT2D eigenvalue weighted by Crippen LogP contribution is 2.39. The van der Waals surface area contributed by atoms with Crippen LogP contribution in [0.1, 0.15) is 30.0 Å². The second-order valence-corrected chi connectivity index (χ2v) is 8.48. The number of aromatic nitrogens is 2. The van der Waals surface area contributed by atoms with Crippen molar-refractivity contribution in [2.24, 2.45) is 0 Å². The minimum atomic E-state index is -0.683. The van der Waals surface area contributed by atoms with Gasteiger partial charge in [-0.05, 0) is 55.8 Å². The summed E-state index contributed by atoms with van der Waals surface area (Å²) in [5.41, 5.74) is 4.19. The van der Waals surface area contributed by atoms with Crippen LogP contribution in [0.5, 0.6) is 0 Å². The van der Waals surface area contributed by atoms with Gasteiger partial charge in [-0.3, -0.25) is 4.90 Å². The summed E-state index contributed by atoms with van der Waals surface area (Å²) in [7, 11) is 0. The maximum absolute atomic E-state index is 14.1. The number of carbonyl (C=O) groups excluding carboxylic acids is 1. The van der Waals surface area contributed by atoms with Crippen LogP contribution in [-0.2, 0) is 0 Å². The van der Waals surface area contributed by atoms with E-state index in [1.807, 2.05) is 44.2 Å². The van der Waals surface area contributed by atoms with Crippen LogP contribution in [0.2, 0.25) is 5.02 Å². The van der Waals surface area contributed by atoms with Gasteiger partial charge in [0.15, 0.2) is 0 Å². The molecule has 0 bridgehead atoms. The summed E-state index contributed by atoms with van der Waals surface area (Å²) >= 11 is 6.12. The molecule has 1 N–H and O–H groups in total. The van der Waals surface area contributed by atoms with Crippen LogP contribution in [0.3, 0.4) is 0 Å². The number of carbonyl (C=O) groups is 1. The van der Waals surface area contributed by atoms with Crippen LogP contribution in [0.4, 0.5) is 14.9 Å². The summed E-state index contributed by atoms with van der Waals surface area (Å²) in [6, 6.07) is 19.8. The Labute approximate surface area is 200 Å². The number of rotatable bonds is 4. The van der Waals surface area contributed by atoms with Gasteiger partial charge in [0.1, 0.15) is 5.82 Å². The van der Waals surface area contributed by atoms with E-state index in [1.165, 1.54) is 12.1 Å². The van der Waals surface area contributed by atoms with Crippen molar-refractivity contribution in [2.75, 3.05) is 4.90 Å². The predicted molar refractivity (Wildman–Crippen MR) is 129 cm³/mol. The number of aryl methyl sites for hydroxylation is 1. The zero-order chi connectivity index (χ0) is 23.8. The average molecular weight is 475 g/mol. The van der Waals surface area contributed by atoms with Gasteiger partial charge in [-0.25, -0.2) is 9.18 Å². The molecule has 0 fully saturated rings. The third kappa shape index (κ3) is 4.06. The lowest BCUT2D eigenvalue weighted by molar-refractivity contribution is 0.244. The van der Waals surface area contributed by atoms with Gasteiger partial charge in [0.2, 0.25) is 5.82 Å². The van der Waals surface area contributed by atoms with E-state index in [9.17, 15) is 9.18 Å². The van der Waals surface area contributed by atoms with E-state index in [0.29, 0.717) is 38.9 Å². The summed E-state index contributed by atoms with van der Waals surface area (Å²) in [4.78, 5) is 19.3. The van der Waals surface area contributed by atoms with Crippen LogP contribution in [0.15, 0.2) is 83.0 Å². The van der Waals surface area contributed by atoms with E-state index in [1.54, 1.807) is 35.2 Å². The summed E-state index contributed by atoms with van der Waals surface area (Å²) < 4.78 is 19.7. The molecule has 1 atom stereocenters. The maximum Gasteiger partial charge on any atom is 0.326 e. The van der Waals surface area contributed by atoms with E-state index in [4.69, 9.17) is 16.1 Å². The van der Waals surface area contributed by atoms with E-state index >= 15 is 0 Å². The van der Waals surface area contributed by atoms with Crippen molar-refractivity contribution < 1.29 is 13.7 Å². The highest BCUT2D eigenvalue weighted by atomic mass is 35.5. The molecule has 0 aliphatic carbocycles. The fourth-order valence-corrected chi connectivity index (χ4v) is 4.23. The van der Waals surface area contributed by atoms with Gasteiger partial charge < -0.3 is 9.84 Å². The molecular weight excluding hydrogens is 455 g/mol. The highest BCUT2D eigenvalue weighted by Gasteiger charge is 2.36. The zero-order valence-electron chi connectivity index (χ0n) is 18.4. The molecule has 0 radical (unpaired) electrons. The summed E-state index contributed by atoms with van der Waals surface area (Å²) in [5.74, 6) is 0.170. The Morgan fingerprint density at radius 1 is 1.03 bits per heavy atom. The van der Waals surface area contributed by atoms with Gasteiger partial charge in [0.25, 0.3) is 5.89 Å². The van der Waals surface area contributed by atoms with Gasteiger partial charge in [0, 0.05) is 16.3 Å². The van der Waals surface area contributed by atoms with E-state index < -0.39 is 11.9 Å². The molecule has 1 aliphatic heterocycles. The Kier molecular flexibility index (Phi) is 5.63. The Bertz CT molecular complexity index is 1410. The van der Waals surface area contributed by atoms with Gasteiger partial charge in [-0.15, -0.1) is 0 Å². The van der Waals surface area contributed by atoms with Crippen molar-refractivity contribution >= 4 is 28.9 Å². The van der Waals surface area contributed by atoms with Crippen LogP contribution in [0, 0.1) is 12.7 Å². The smallest absolute Gasteiger partial charge is 0.326 e. The molecule has 34 heavy (non-hydrogen) atoms. The molecule has 0 saturated carbocycles. The van der Waals surface area contributed by atoms with Gasteiger partial charge in [-0.1, -0.05) is 58.7 Å². The topological polar surface area (TPSA) is 71.3 Å². The lowest BCUT2D eigenvalue weighted by Crippen LogP contribution is -2.46. The zero-order valence-corrected chi connectivity index (χ0v) is 19.2. The third-order valence-electron chi connectivity index (χ3n) is 5.70. The lowest BCUT2D eigenvalue weighted by atomic mass is 9.94. The van der Waals surface area contributed by atoms with Crippen molar-refractivity contribution in [1.29, 1.82) is 0 Å². The Morgan fingerprint density at radius 3 is 2.53 bits per heavy atom. The molecule has 5 rings (SSSR count). The summed E-state index contributed by atoms with van der Waals surface area (Å²) in [6.07, 6.45) is 0. The SMILES string of the molecule is CC1=C(c2nc(-c3cccc(Cl)c3)no2)C(c2cccc(F)c2)NC(=O)N1c1ccc(C)cc1. The van der Waals surface area contributed by atoms with Crippen LogP contribution in [0.25, 0.3) is 17.0 Å². The molecule has 2 heterocycles. The van der Waals surface area contributed by atoms with Crippen molar-refractivity contribution in [3.8, 4) is 11.4 Å². The Balaban J connectivity index is 1.66. The van der Waals surface area contributed by atoms with Crippen molar-refractivity contribution in [1.82, 2.24) is 15.5 Å². The van der Waals surface area contributed by atoms with Crippen molar-refractivity contribution in [3.63, 3.8) is 0 Å². The first-order chi connectivity index (χ1) is 16.4. The minimum absolute atomic E-state index is 0.221. The molecule has 0 spiro atoms. The summed E-state index contributed by atoms with van der Waals surface area (Å²) in [5, 5.41) is 7.65. The first-order valence-corrected chi connectivity index (χ1v) is 11.0. The number of allylic oxidation sites excluding steroid dienone is 1. The molecule has 0 saturated heterocycles. The first-order valence-electron chi connectivity index (χ1n) is 10.6. The standard InChI is InChI=1S/C26H20ClFN4O2/c1-15-9-11-21(12-10-15)32-16(2)22(23(29-26(32)33)17-5-4-8-20(28)14-17)25-30-24(31-34-25)18-6-3-7-19(27)13-18/h3-14,23H,1-2H3,(H,29,33). The van der Waals surface area contributed by atoms with Crippen LogP contribution in [-0.4, -0.2) is 16.2 Å². The number of amides is 2. The van der Waals surface area contributed by atoms with Crippen molar-refractivity contribution in [2.45, 2.75) is 19.9 Å². The quantitative estimate of drug-likeness (QED) is 0.364. The number of urea groups is 1. The van der Waals surface area contributed by atoms with Crippen LogP contribution < -0.4 is 10.2 Å². The molecule has 1 aliphatic rings. The molecule has 3 aromatic carbocycles. The van der Waals surface area contributed by atoms with E-state index in [2.05, 4.69) is 15.5 Å². The van der Waals surface area contributed by atoms with Gasteiger partial charge >= 0.3 is 6.03 Å². The molecule has 1 aromatic heterocycles. The molecule has 170 valence electrons. The molecule has 2 amide bonds. The lowest BCUT2D eigenvalue weighted by Gasteiger charge is -2.35. The predicted octanol–water partition coefficient (Wildman–Crippen LogP) is 6.54. The fourth-order valence-electron chi connectivity index (χ4n) is 4.04. The Morgan fingerprint density at radius 2 is 1.79 bits per heavy atom.